The number of rotatable bonds is 3. The minimum Gasteiger partial charge on any atom is -0.389 e. The lowest BCUT2D eigenvalue weighted by molar-refractivity contribution is 0.196. The molecule has 4 nitrogen and oxygen atoms in total. The van der Waals surface area contributed by atoms with Crippen molar-refractivity contribution in [1.29, 1.82) is 0 Å². The molecule has 1 atom stereocenters. The van der Waals surface area contributed by atoms with Crippen molar-refractivity contribution in [3.63, 3.8) is 0 Å². The minimum atomic E-state index is -0.518. The second-order valence-electron chi connectivity index (χ2n) is 3.66. The predicted molar refractivity (Wildman–Crippen MR) is 70.0 cm³/mol. The maximum atomic E-state index is 9.73. The van der Waals surface area contributed by atoms with Crippen LogP contribution >= 0.6 is 27.7 Å². The monoisotopic (exact) mass is 313 g/mol. The van der Waals surface area contributed by atoms with Crippen molar-refractivity contribution in [3.8, 4) is 0 Å². The van der Waals surface area contributed by atoms with Crippen molar-refractivity contribution in [3.05, 3.63) is 34.1 Å². The van der Waals surface area contributed by atoms with Gasteiger partial charge in [0.05, 0.1) is 6.10 Å². The van der Waals surface area contributed by atoms with Gasteiger partial charge < -0.3 is 5.11 Å². The Kier molecular flexibility index (Phi) is 3.86. The molecule has 2 N–H and O–H groups in total. The van der Waals surface area contributed by atoms with Gasteiger partial charge in [0.2, 0.25) is 5.16 Å². The third kappa shape index (κ3) is 3.08. The molecule has 0 fully saturated rings. The molecule has 6 heteroatoms. The Morgan fingerprint density at radius 3 is 2.82 bits per heavy atom. The van der Waals surface area contributed by atoms with Gasteiger partial charge in [-0.1, -0.05) is 15.9 Å². The highest BCUT2D eigenvalue weighted by molar-refractivity contribution is 9.10. The number of H-pyrrole nitrogens is 1. The maximum Gasteiger partial charge on any atom is 0.213 e. The van der Waals surface area contributed by atoms with Crippen LogP contribution in [0.3, 0.4) is 0 Å². The van der Waals surface area contributed by atoms with E-state index >= 15 is 0 Å². The Hall–Kier alpha value is -0.850. The number of aromatic nitrogens is 3. The zero-order chi connectivity index (χ0) is 12.4. The quantitative estimate of drug-likeness (QED) is 0.914. The third-order valence-corrected chi connectivity index (χ3v) is 3.65. The first kappa shape index (κ1) is 12.6. The molecule has 0 radical (unpaired) electrons. The molecule has 0 aliphatic carbocycles. The van der Waals surface area contributed by atoms with Gasteiger partial charge in [-0.25, -0.2) is 4.98 Å². The molecule has 90 valence electrons. The number of aryl methyl sites for hydroxylation is 1. The van der Waals surface area contributed by atoms with E-state index in [9.17, 15) is 5.11 Å². The summed E-state index contributed by atoms with van der Waals surface area (Å²) in [4.78, 5) is 5.19. The lowest BCUT2D eigenvalue weighted by atomic mass is 10.1. The van der Waals surface area contributed by atoms with Gasteiger partial charge in [0.25, 0.3) is 0 Å². The van der Waals surface area contributed by atoms with Gasteiger partial charge in [-0.2, -0.15) is 0 Å². The number of hydrogen-bond donors (Lipinski definition) is 2. The molecule has 0 aliphatic rings. The molecule has 1 aromatic carbocycles. The van der Waals surface area contributed by atoms with Crippen molar-refractivity contribution in [2.75, 3.05) is 0 Å². The first-order chi connectivity index (χ1) is 8.06. The first-order valence-electron chi connectivity index (χ1n) is 5.10. The molecule has 1 heterocycles. The highest BCUT2D eigenvalue weighted by Gasteiger charge is 2.12. The molecule has 1 aromatic heterocycles. The highest BCUT2D eigenvalue weighted by atomic mass is 79.9. The lowest BCUT2D eigenvalue weighted by Gasteiger charge is -2.10. The molecule has 0 saturated carbocycles. The molecule has 1 unspecified atom stereocenters. The number of hydrogen-bond acceptors (Lipinski definition) is 4. The van der Waals surface area contributed by atoms with Crippen LogP contribution < -0.4 is 0 Å². The summed E-state index contributed by atoms with van der Waals surface area (Å²) >= 11 is 4.83. The molecule has 2 aromatic rings. The van der Waals surface area contributed by atoms with Crippen LogP contribution in [0.4, 0.5) is 0 Å². The Bertz CT molecular complexity index is 527. The molecule has 0 spiro atoms. The van der Waals surface area contributed by atoms with E-state index in [-0.39, 0.29) is 0 Å². The van der Waals surface area contributed by atoms with E-state index in [4.69, 9.17) is 0 Å². The van der Waals surface area contributed by atoms with E-state index in [1.807, 2.05) is 25.1 Å². The highest BCUT2D eigenvalue weighted by Crippen LogP contribution is 2.33. The first-order valence-corrected chi connectivity index (χ1v) is 6.71. The molecule has 0 saturated heterocycles. The fourth-order valence-corrected chi connectivity index (χ4v) is 2.74. The van der Waals surface area contributed by atoms with E-state index in [1.54, 1.807) is 6.92 Å². The molecule has 0 bridgehead atoms. The number of benzene rings is 1. The zero-order valence-electron chi connectivity index (χ0n) is 9.44. The van der Waals surface area contributed by atoms with Crippen LogP contribution in [0.5, 0.6) is 0 Å². The van der Waals surface area contributed by atoms with Crippen molar-refractivity contribution in [2.24, 2.45) is 0 Å². The largest absolute Gasteiger partial charge is 0.389 e. The van der Waals surface area contributed by atoms with Gasteiger partial charge in [0.1, 0.15) is 5.82 Å². The van der Waals surface area contributed by atoms with E-state index in [1.165, 1.54) is 11.8 Å². The van der Waals surface area contributed by atoms with E-state index < -0.39 is 6.10 Å². The van der Waals surface area contributed by atoms with Crippen molar-refractivity contribution in [1.82, 2.24) is 15.2 Å². The zero-order valence-corrected chi connectivity index (χ0v) is 11.8. The van der Waals surface area contributed by atoms with Crippen LogP contribution in [0.25, 0.3) is 0 Å². The van der Waals surface area contributed by atoms with E-state index in [0.717, 1.165) is 20.8 Å². The Morgan fingerprint density at radius 1 is 1.47 bits per heavy atom. The van der Waals surface area contributed by atoms with E-state index in [0.29, 0.717) is 5.16 Å². The number of aliphatic hydroxyl groups excluding tert-OH is 1. The van der Waals surface area contributed by atoms with Gasteiger partial charge in [-0.3, -0.25) is 5.10 Å². The van der Waals surface area contributed by atoms with Gasteiger partial charge in [-0.05, 0) is 49.4 Å². The average molecular weight is 314 g/mol. The van der Waals surface area contributed by atoms with Crippen LogP contribution in [0.15, 0.2) is 32.7 Å². The second-order valence-corrected chi connectivity index (χ2v) is 5.59. The Balaban J connectivity index is 2.32. The number of nitrogens with zero attached hydrogens (tertiary/aromatic N) is 2. The van der Waals surface area contributed by atoms with Crippen molar-refractivity contribution >= 4 is 27.7 Å². The van der Waals surface area contributed by atoms with Crippen LogP contribution in [0, 0.1) is 6.92 Å². The standard InChI is InChI=1S/C11H12BrN3OS/c1-6(16)9-5-8(12)3-4-10(9)17-11-13-7(2)14-15-11/h3-6,16H,1-2H3,(H,13,14,15). The van der Waals surface area contributed by atoms with Gasteiger partial charge in [0.15, 0.2) is 0 Å². The number of aromatic amines is 1. The van der Waals surface area contributed by atoms with Crippen LogP contribution in [-0.2, 0) is 0 Å². The molecule has 0 amide bonds. The lowest BCUT2D eigenvalue weighted by Crippen LogP contribution is -1.94. The SMILES string of the molecule is Cc1nc(Sc2ccc(Br)cc2C(C)O)n[nH]1. The van der Waals surface area contributed by atoms with Gasteiger partial charge in [0, 0.05) is 9.37 Å². The maximum absolute atomic E-state index is 9.73. The van der Waals surface area contributed by atoms with Crippen molar-refractivity contribution in [2.45, 2.75) is 30.0 Å². The molecular formula is C11H12BrN3OS. The fourth-order valence-electron chi connectivity index (χ4n) is 1.40. The fraction of sp³-hybridized carbons (Fsp3) is 0.273. The normalized spacial score (nSPS) is 12.7. The summed E-state index contributed by atoms with van der Waals surface area (Å²) in [5.74, 6) is 0.781. The number of nitrogens with one attached hydrogen (secondary N) is 1. The molecular weight excluding hydrogens is 302 g/mol. The topological polar surface area (TPSA) is 61.8 Å². The summed E-state index contributed by atoms with van der Waals surface area (Å²) in [6.45, 7) is 3.60. The van der Waals surface area contributed by atoms with Gasteiger partial charge >= 0.3 is 0 Å². The average Bonchev–Trinajstić information content (AvgIpc) is 2.66. The summed E-state index contributed by atoms with van der Waals surface area (Å²) in [5.41, 5.74) is 0.867. The molecule has 2 rings (SSSR count). The number of halogens is 1. The molecule has 0 aliphatic heterocycles. The summed E-state index contributed by atoms with van der Waals surface area (Å²) in [6.07, 6.45) is -0.518. The summed E-state index contributed by atoms with van der Waals surface area (Å²) in [6, 6.07) is 5.79. The van der Waals surface area contributed by atoms with Crippen LogP contribution in [-0.4, -0.2) is 20.3 Å². The summed E-state index contributed by atoms with van der Waals surface area (Å²) in [5, 5.41) is 17.3. The summed E-state index contributed by atoms with van der Waals surface area (Å²) < 4.78 is 0.948. The Morgan fingerprint density at radius 2 is 2.24 bits per heavy atom. The third-order valence-electron chi connectivity index (χ3n) is 2.20. The Labute approximate surface area is 112 Å². The smallest absolute Gasteiger partial charge is 0.213 e. The molecule has 17 heavy (non-hydrogen) atoms. The van der Waals surface area contributed by atoms with Crippen LogP contribution in [0.1, 0.15) is 24.4 Å². The predicted octanol–water partition coefficient (Wildman–Crippen LogP) is 3.08. The van der Waals surface area contributed by atoms with Crippen LogP contribution in [0.2, 0.25) is 0 Å². The summed E-state index contributed by atoms with van der Waals surface area (Å²) in [7, 11) is 0. The second kappa shape index (κ2) is 5.20. The van der Waals surface area contributed by atoms with Crippen molar-refractivity contribution < 1.29 is 5.11 Å². The van der Waals surface area contributed by atoms with E-state index in [2.05, 4.69) is 31.1 Å². The number of aliphatic hydroxyl groups is 1. The van der Waals surface area contributed by atoms with Gasteiger partial charge in [-0.15, -0.1) is 5.10 Å². The minimum absolute atomic E-state index is 0.518.